The zero-order valence-corrected chi connectivity index (χ0v) is 14.0. The molecule has 0 aliphatic rings. The minimum absolute atomic E-state index is 0.0612. The van der Waals surface area contributed by atoms with Gasteiger partial charge in [-0.25, -0.2) is 18.0 Å². The van der Waals surface area contributed by atoms with Gasteiger partial charge in [-0.3, -0.25) is 9.59 Å². The van der Waals surface area contributed by atoms with Gasteiger partial charge < -0.3 is 20.7 Å². The van der Waals surface area contributed by atoms with Gasteiger partial charge in [-0.15, -0.1) is 0 Å². The quantitative estimate of drug-likeness (QED) is 0.616. The van der Waals surface area contributed by atoms with Gasteiger partial charge in [-0.1, -0.05) is 0 Å². The largest absolute Gasteiger partial charge is 0.477 e. The van der Waals surface area contributed by atoms with E-state index in [1.54, 1.807) is 0 Å². The van der Waals surface area contributed by atoms with E-state index in [4.69, 9.17) is 5.73 Å². The molecule has 1 heterocycles. The lowest BCUT2D eigenvalue weighted by Gasteiger charge is -2.15. The number of amides is 1. The first-order valence-corrected chi connectivity index (χ1v) is 7.79. The maximum Gasteiger partial charge on any atom is 0.341 e. The van der Waals surface area contributed by atoms with Crippen LogP contribution in [0.25, 0.3) is 16.6 Å². The fourth-order valence-corrected chi connectivity index (χ4v) is 2.69. The molecule has 0 aliphatic carbocycles. The van der Waals surface area contributed by atoms with Crippen LogP contribution in [0.1, 0.15) is 10.4 Å². The lowest BCUT2D eigenvalue weighted by Crippen LogP contribution is -2.23. The van der Waals surface area contributed by atoms with Crippen LogP contribution in [-0.4, -0.2) is 28.1 Å². The van der Waals surface area contributed by atoms with Crippen molar-refractivity contribution < 1.29 is 27.9 Å². The Morgan fingerprint density at radius 1 is 1.11 bits per heavy atom. The standard InChI is InChI=1S/C18H12F3N3O4/c19-8-1-2-14(12(21)3-8)24-7-10(18(27)28)17(26)9-4-11(20)13(5-15(9)24)23-6-16(22)25/h1-5,7,23H,6H2,(H2,22,25)(H,27,28). The second kappa shape index (κ2) is 7.06. The second-order valence-corrected chi connectivity index (χ2v) is 5.81. The molecule has 0 bridgehead atoms. The highest BCUT2D eigenvalue weighted by molar-refractivity contribution is 5.94. The molecular weight excluding hydrogens is 379 g/mol. The Kier molecular flexibility index (Phi) is 4.78. The Balaban J connectivity index is 2.38. The first-order chi connectivity index (χ1) is 13.2. The fraction of sp³-hybridized carbons (Fsp3) is 0.0556. The topological polar surface area (TPSA) is 114 Å². The predicted octanol–water partition coefficient (Wildman–Crippen LogP) is 2.00. The first kappa shape index (κ1) is 19.0. The van der Waals surface area contributed by atoms with E-state index in [1.165, 1.54) is 0 Å². The number of benzene rings is 2. The number of rotatable bonds is 5. The van der Waals surface area contributed by atoms with E-state index in [0.717, 1.165) is 35.0 Å². The van der Waals surface area contributed by atoms with Gasteiger partial charge in [0.15, 0.2) is 0 Å². The second-order valence-electron chi connectivity index (χ2n) is 5.81. The number of pyridine rings is 1. The number of aromatic carboxylic acids is 1. The summed E-state index contributed by atoms with van der Waals surface area (Å²) in [6.07, 6.45) is 0.860. The van der Waals surface area contributed by atoms with E-state index in [0.29, 0.717) is 6.07 Å². The summed E-state index contributed by atoms with van der Waals surface area (Å²) in [6, 6.07) is 4.43. The summed E-state index contributed by atoms with van der Waals surface area (Å²) in [5, 5.41) is 11.3. The van der Waals surface area contributed by atoms with Gasteiger partial charge in [-0.2, -0.15) is 0 Å². The van der Waals surface area contributed by atoms with Crippen molar-refractivity contribution in [3.05, 3.63) is 69.8 Å². The van der Waals surface area contributed by atoms with Crippen molar-refractivity contribution >= 4 is 28.5 Å². The van der Waals surface area contributed by atoms with Gasteiger partial charge in [0.2, 0.25) is 11.3 Å². The van der Waals surface area contributed by atoms with Crippen molar-refractivity contribution in [3.63, 3.8) is 0 Å². The highest BCUT2D eigenvalue weighted by atomic mass is 19.1. The van der Waals surface area contributed by atoms with Crippen molar-refractivity contribution in [3.8, 4) is 5.69 Å². The van der Waals surface area contributed by atoms with Crippen LogP contribution in [0.4, 0.5) is 18.9 Å². The third kappa shape index (κ3) is 3.39. The summed E-state index contributed by atoms with van der Waals surface area (Å²) in [5.74, 6) is -5.21. The van der Waals surface area contributed by atoms with E-state index in [-0.39, 0.29) is 22.3 Å². The summed E-state index contributed by atoms with van der Waals surface area (Å²) >= 11 is 0. The maximum absolute atomic E-state index is 14.3. The number of aromatic nitrogens is 1. The van der Waals surface area contributed by atoms with Gasteiger partial charge in [0.05, 0.1) is 23.4 Å². The number of fused-ring (bicyclic) bond motifs is 1. The molecule has 28 heavy (non-hydrogen) atoms. The number of carbonyl (C=O) groups is 2. The fourth-order valence-electron chi connectivity index (χ4n) is 2.69. The molecule has 0 saturated carbocycles. The molecule has 3 aromatic rings. The van der Waals surface area contributed by atoms with E-state index >= 15 is 0 Å². The van der Waals surface area contributed by atoms with E-state index in [1.807, 2.05) is 0 Å². The number of primary amides is 1. The molecule has 0 spiro atoms. The van der Waals surface area contributed by atoms with E-state index in [2.05, 4.69) is 5.32 Å². The minimum atomic E-state index is -1.60. The van der Waals surface area contributed by atoms with Crippen LogP contribution in [0.3, 0.4) is 0 Å². The zero-order valence-electron chi connectivity index (χ0n) is 14.0. The molecule has 0 fully saturated rings. The Morgan fingerprint density at radius 2 is 1.82 bits per heavy atom. The summed E-state index contributed by atoms with van der Waals surface area (Å²) in [5.41, 5.74) is 2.75. The van der Waals surface area contributed by atoms with Gasteiger partial charge in [-0.05, 0) is 24.3 Å². The molecule has 2 aromatic carbocycles. The normalized spacial score (nSPS) is 10.8. The van der Waals surface area contributed by atoms with Gasteiger partial charge in [0.25, 0.3) is 0 Å². The molecule has 0 radical (unpaired) electrons. The Hall–Kier alpha value is -3.82. The van der Waals surface area contributed by atoms with Crippen molar-refractivity contribution in [2.75, 3.05) is 11.9 Å². The molecule has 0 unspecified atom stereocenters. The lowest BCUT2D eigenvalue weighted by atomic mass is 10.1. The van der Waals surface area contributed by atoms with Gasteiger partial charge >= 0.3 is 5.97 Å². The molecule has 0 aliphatic heterocycles. The number of hydrogen-bond acceptors (Lipinski definition) is 4. The maximum atomic E-state index is 14.3. The van der Waals surface area contributed by atoms with Crippen LogP contribution in [-0.2, 0) is 4.79 Å². The highest BCUT2D eigenvalue weighted by Gasteiger charge is 2.19. The average molecular weight is 391 g/mol. The van der Waals surface area contributed by atoms with Crippen molar-refractivity contribution in [2.45, 2.75) is 0 Å². The van der Waals surface area contributed by atoms with Crippen molar-refractivity contribution in [2.24, 2.45) is 5.73 Å². The van der Waals surface area contributed by atoms with Crippen LogP contribution in [0, 0.1) is 17.5 Å². The number of nitrogens with zero attached hydrogens (tertiary/aromatic N) is 1. The molecule has 3 rings (SSSR count). The van der Waals surface area contributed by atoms with Crippen LogP contribution < -0.4 is 16.5 Å². The van der Waals surface area contributed by atoms with Crippen molar-refractivity contribution in [1.29, 1.82) is 0 Å². The Morgan fingerprint density at radius 3 is 2.43 bits per heavy atom. The molecule has 7 nitrogen and oxygen atoms in total. The van der Waals surface area contributed by atoms with Crippen LogP contribution in [0.5, 0.6) is 0 Å². The van der Waals surface area contributed by atoms with Gasteiger partial charge in [0.1, 0.15) is 23.0 Å². The van der Waals surface area contributed by atoms with Crippen molar-refractivity contribution in [1.82, 2.24) is 4.57 Å². The molecule has 1 amide bonds. The average Bonchev–Trinajstić information content (AvgIpc) is 2.61. The third-order valence-electron chi connectivity index (χ3n) is 3.95. The number of carbonyl (C=O) groups excluding carboxylic acids is 1. The van der Waals surface area contributed by atoms with E-state index in [9.17, 15) is 32.7 Å². The molecule has 0 atom stereocenters. The number of hydrogen-bond donors (Lipinski definition) is 3. The smallest absolute Gasteiger partial charge is 0.341 e. The molecule has 144 valence electrons. The molecule has 4 N–H and O–H groups in total. The minimum Gasteiger partial charge on any atom is -0.477 e. The van der Waals surface area contributed by atoms with Crippen LogP contribution >= 0.6 is 0 Å². The number of nitrogens with two attached hydrogens (primary N) is 1. The number of carboxylic acid groups (broad SMARTS) is 1. The highest BCUT2D eigenvalue weighted by Crippen LogP contribution is 2.25. The SMILES string of the molecule is NC(=O)CNc1cc2c(cc1F)c(=O)c(C(=O)O)cn2-c1ccc(F)cc1F. The van der Waals surface area contributed by atoms with Crippen LogP contribution in [0.2, 0.25) is 0 Å². The monoisotopic (exact) mass is 391 g/mol. The Labute approximate surface area is 154 Å². The molecule has 1 aromatic heterocycles. The van der Waals surface area contributed by atoms with Gasteiger partial charge in [0, 0.05) is 17.6 Å². The Bertz CT molecular complexity index is 1190. The predicted molar refractivity (Wildman–Crippen MR) is 94.1 cm³/mol. The summed E-state index contributed by atoms with van der Waals surface area (Å²) in [6.45, 7) is -0.412. The molecule has 10 heteroatoms. The summed E-state index contributed by atoms with van der Waals surface area (Å²) in [7, 11) is 0. The number of nitrogens with one attached hydrogen (secondary N) is 1. The first-order valence-electron chi connectivity index (χ1n) is 7.79. The molecule has 0 saturated heterocycles. The third-order valence-corrected chi connectivity index (χ3v) is 3.95. The zero-order chi connectivity index (χ0) is 20.6. The molecular formula is C18H12F3N3O4. The summed E-state index contributed by atoms with van der Waals surface area (Å²) < 4.78 is 42.8. The van der Waals surface area contributed by atoms with E-state index < -0.39 is 46.9 Å². The number of anilines is 1. The van der Waals surface area contributed by atoms with Crippen LogP contribution in [0.15, 0.2) is 41.3 Å². The lowest BCUT2D eigenvalue weighted by molar-refractivity contribution is -0.116. The number of carboxylic acids is 1. The summed E-state index contributed by atoms with van der Waals surface area (Å²) in [4.78, 5) is 34.7. The number of halogens is 3.